The summed E-state index contributed by atoms with van der Waals surface area (Å²) >= 11 is 0. The molecule has 0 radical (unpaired) electrons. The lowest BCUT2D eigenvalue weighted by molar-refractivity contribution is 0.251. The largest absolute Gasteiger partial charge is 0.334 e. The summed E-state index contributed by atoms with van der Waals surface area (Å²) in [5.74, 6) is 0.621. The van der Waals surface area contributed by atoms with Crippen LogP contribution in [0.4, 0.5) is 10.5 Å². The first-order valence-corrected chi connectivity index (χ1v) is 8.23. The lowest BCUT2D eigenvalue weighted by Crippen LogP contribution is -2.28. The van der Waals surface area contributed by atoms with Crippen LogP contribution in [0.5, 0.6) is 0 Å². The maximum absolute atomic E-state index is 12.3. The summed E-state index contributed by atoms with van der Waals surface area (Å²) in [4.78, 5) is 20.5. The summed E-state index contributed by atoms with van der Waals surface area (Å²) < 4.78 is 3.28. The van der Waals surface area contributed by atoms with Gasteiger partial charge in [-0.1, -0.05) is 12.1 Å². The molecule has 0 aliphatic heterocycles. The van der Waals surface area contributed by atoms with E-state index in [1.807, 2.05) is 48.7 Å². The van der Waals surface area contributed by atoms with Gasteiger partial charge in [0.05, 0.1) is 5.69 Å². The van der Waals surface area contributed by atoms with Crippen molar-refractivity contribution in [1.29, 1.82) is 0 Å². The second-order valence-electron chi connectivity index (χ2n) is 5.63. The molecule has 9 heteroatoms. The third-order valence-corrected chi connectivity index (χ3v) is 3.82. The summed E-state index contributed by atoms with van der Waals surface area (Å²) in [6.45, 7) is 0.299. The van der Waals surface area contributed by atoms with Crippen molar-refractivity contribution in [3.63, 3.8) is 0 Å². The van der Waals surface area contributed by atoms with Crippen LogP contribution in [0.15, 0.2) is 73.7 Å². The molecule has 0 unspecified atom stereocenters. The van der Waals surface area contributed by atoms with Crippen LogP contribution in [-0.4, -0.2) is 35.6 Å². The fourth-order valence-corrected chi connectivity index (χ4v) is 2.59. The first kappa shape index (κ1) is 16.5. The number of pyridine rings is 1. The number of anilines is 1. The Morgan fingerprint density at radius 2 is 2.00 bits per heavy atom. The molecule has 0 bridgehead atoms. The molecule has 0 atom stereocenters. The number of rotatable bonds is 5. The highest BCUT2D eigenvalue weighted by Gasteiger charge is 2.09. The third-order valence-electron chi connectivity index (χ3n) is 3.82. The first-order valence-electron chi connectivity index (χ1n) is 8.23. The van der Waals surface area contributed by atoms with E-state index < -0.39 is 0 Å². The number of amides is 2. The molecule has 3 heterocycles. The highest BCUT2D eigenvalue weighted by molar-refractivity contribution is 5.89. The predicted octanol–water partition coefficient (Wildman–Crippen LogP) is 2.17. The standard InChI is InChI=1S/C18H16N8O/c27-18(24-15-5-1-6-16(10-15)25-9-3-8-22-25)21-11-14-4-2-7-20-17(14)26-13-19-12-23-26/h1-10,12-13H,11H2,(H2,21,24,27). The normalized spacial score (nSPS) is 10.5. The maximum atomic E-state index is 12.3. The van der Waals surface area contributed by atoms with E-state index in [2.05, 4.69) is 30.8 Å². The van der Waals surface area contributed by atoms with E-state index in [1.54, 1.807) is 28.1 Å². The molecule has 0 fully saturated rings. The average molecular weight is 360 g/mol. The number of carbonyl (C=O) groups is 1. The van der Waals surface area contributed by atoms with E-state index in [1.165, 1.54) is 6.33 Å². The zero-order valence-electron chi connectivity index (χ0n) is 14.2. The Hall–Kier alpha value is -4.01. The van der Waals surface area contributed by atoms with Crippen LogP contribution in [0, 0.1) is 0 Å². The fraction of sp³-hybridized carbons (Fsp3) is 0.0556. The lowest BCUT2D eigenvalue weighted by Gasteiger charge is -2.11. The van der Waals surface area contributed by atoms with Gasteiger partial charge in [0.1, 0.15) is 12.7 Å². The number of aromatic nitrogens is 6. The van der Waals surface area contributed by atoms with Crippen molar-refractivity contribution < 1.29 is 4.79 Å². The summed E-state index contributed by atoms with van der Waals surface area (Å²) in [7, 11) is 0. The molecule has 134 valence electrons. The molecule has 0 saturated carbocycles. The van der Waals surface area contributed by atoms with Crippen molar-refractivity contribution in [2.24, 2.45) is 0 Å². The van der Waals surface area contributed by atoms with E-state index in [9.17, 15) is 4.79 Å². The number of benzene rings is 1. The molecule has 0 aliphatic carbocycles. The predicted molar refractivity (Wildman–Crippen MR) is 98.6 cm³/mol. The van der Waals surface area contributed by atoms with E-state index in [4.69, 9.17) is 0 Å². The van der Waals surface area contributed by atoms with Gasteiger partial charge >= 0.3 is 6.03 Å². The lowest BCUT2D eigenvalue weighted by atomic mass is 10.2. The zero-order valence-corrected chi connectivity index (χ0v) is 14.2. The monoisotopic (exact) mass is 360 g/mol. The first-order chi connectivity index (χ1) is 13.3. The zero-order chi connectivity index (χ0) is 18.5. The van der Waals surface area contributed by atoms with Crippen molar-refractivity contribution >= 4 is 11.7 Å². The van der Waals surface area contributed by atoms with Crippen molar-refractivity contribution in [1.82, 2.24) is 34.8 Å². The molecule has 27 heavy (non-hydrogen) atoms. The molecule has 1 aromatic carbocycles. The molecular weight excluding hydrogens is 344 g/mol. The Balaban J connectivity index is 1.42. The van der Waals surface area contributed by atoms with Gasteiger partial charge in [-0.15, -0.1) is 0 Å². The van der Waals surface area contributed by atoms with Gasteiger partial charge in [0, 0.05) is 36.4 Å². The average Bonchev–Trinajstić information content (AvgIpc) is 3.41. The van der Waals surface area contributed by atoms with Gasteiger partial charge in [-0.3, -0.25) is 0 Å². The minimum Gasteiger partial charge on any atom is -0.334 e. The number of nitrogens with zero attached hydrogens (tertiary/aromatic N) is 6. The Morgan fingerprint density at radius 1 is 1.04 bits per heavy atom. The van der Waals surface area contributed by atoms with Gasteiger partial charge in [-0.05, 0) is 30.3 Å². The van der Waals surface area contributed by atoms with Crippen molar-refractivity contribution in [2.45, 2.75) is 6.54 Å². The maximum Gasteiger partial charge on any atom is 0.319 e. The van der Waals surface area contributed by atoms with Crippen molar-refractivity contribution in [3.8, 4) is 11.5 Å². The van der Waals surface area contributed by atoms with Gasteiger partial charge in [0.25, 0.3) is 0 Å². The number of nitrogens with one attached hydrogen (secondary N) is 2. The quantitative estimate of drug-likeness (QED) is 0.568. The molecule has 0 saturated heterocycles. The smallest absolute Gasteiger partial charge is 0.319 e. The summed E-state index contributed by atoms with van der Waals surface area (Å²) in [5, 5.41) is 13.9. The van der Waals surface area contributed by atoms with Crippen LogP contribution in [0.2, 0.25) is 0 Å². The van der Waals surface area contributed by atoms with E-state index in [0.29, 0.717) is 18.1 Å². The van der Waals surface area contributed by atoms with Gasteiger partial charge in [-0.2, -0.15) is 10.2 Å². The minimum absolute atomic E-state index is 0.299. The third kappa shape index (κ3) is 3.82. The van der Waals surface area contributed by atoms with Crippen molar-refractivity contribution in [3.05, 3.63) is 79.3 Å². The molecule has 9 nitrogen and oxygen atoms in total. The number of hydrogen-bond donors (Lipinski definition) is 2. The van der Waals surface area contributed by atoms with Crippen LogP contribution >= 0.6 is 0 Å². The Bertz CT molecular complexity index is 1030. The SMILES string of the molecule is O=C(NCc1cccnc1-n1cncn1)Nc1cccc(-n2cccn2)c1. The van der Waals surface area contributed by atoms with Gasteiger partial charge in [-0.25, -0.2) is 24.1 Å². The van der Waals surface area contributed by atoms with E-state index >= 15 is 0 Å². The van der Waals surface area contributed by atoms with Crippen LogP contribution < -0.4 is 10.6 Å². The molecule has 0 spiro atoms. The number of hydrogen-bond acceptors (Lipinski definition) is 5. The molecule has 0 aliphatic rings. The van der Waals surface area contributed by atoms with Crippen molar-refractivity contribution in [2.75, 3.05) is 5.32 Å². The fourth-order valence-electron chi connectivity index (χ4n) is 2.59. The topological polar surface area (TPSA) is 103 Å². The minimum atomic E-state index is -0.319. The second kappa shape index (κ2) is 7.48. The van der Waals surface area contributed by atoms with Crippen LogP contribution in [0.3, 0.4) is 0 Å². The molecule has 4 aromatic rings. The molecule has 3 aromatic heterocycles. The highest BCUT2D eigenvalue weighted by Crippen LogP contribution is 2.14. The summed E-state index contributed by atoms with van der Waals surface area (Å²) in [6, 6.07) is 12.6. The summed E-state index contributed by atoms with van der Waals surface area (Å²) in [5.41, 5.74) is 2.35. The number of carbonyl (C=O) groups excluding carboxylic acids is 1. The van der Waals surface area contributed by atoms with Crippen LogP contribution in [0.25, 0.3) is 11.5 Å². The second-order valence-corrected chi connectivity index (χ2v) is 5.63. The molecule has 4 rings (SSSR count). The molecular formula is C18H16N8O. The Kier molecular flexibility index (Phi) is 4.56. The molecule has 2 N–H and O–H groups in total. The molecule has 2 amide bonds. The van der Waals surface area contributed by atoms with Gasteiger partial charge in [0.15, 0.2) is 5.82 Å². The van der Waals surface area contributed by atoms with Gasteiger partial charge in [0.2, 0.25) is 0 Å². The Morgan fingerprint density at radius 3 is 2.81 bits per heavy atom. The van der Waals surface area contributed by atoms with E-state index in [-0.39, 0.29) is 6.03 Å². The number of urea groups is 1. The van der Waals surface area contributed by atoms with Gasteiger partial charge < -0.3 is 10.6 Å². The highest BCUT2D eigenvalue weighted by atomic mass is 16.2. The Labute approximate surface area is 154 Å². The van der Waals surface area contributed by atoms with Crippen LogP contribution in [0.1, 0.15) is 5.56 Å². The summed E-state index contributed by atoms with van der Waals surface area (Å²) in [6.07, 6.45) is 8.21. The van der Waals surface area contributed by atoms with E-state index in [0.717, 1.165) is 11.3 Å². The van der Waals surface area contributed by atoms with Crippen LogP contribution in [-0.2, 0) is 6.54 Å².